The van der Waals surface area contributed by atoms with Gasteiger partial charge in [-0.2, -0.15) is 0 Å². The highest BCUT2D eigenvalue weighted by molar-refractivity contribution is 6.21. The van der Waals surface area contributed by atoms with Gasteiger partial charge >= 0.3 is 0 Å². The molecule has 0 N–H and O–H groups in total. The van der Waals surface area contributed by atoms with Crippen LogP contribution in [-0.2, 0) is 34.0 Å². The lowest BCUT2D eigenvalue weighted by Crippen LogP contribution is -2.55. The van der Waals surface area contributed by atoms with Crippen molar-refractivity contribution in [1.29, 1.82) is 0 Å². The van der Waals surface area contributed by atoms with Crippen LogP contribution in [0.25, 0.3) is 0 Å². The molecule has 42 heavy (non-hydrogen) atoms. The molecule has 0 saturated carbocycles. The van der Waals surface area contributed by atoms with Gasteiger partial charge in [-0.25, -0.2) is 0 Å². The van der Waals surface area contributed by atoms with Gasteiger partial charge in [-0.05, 0) is 35.2 Å². The normalized spacial score (nSPS) is 14.8. The second kappa shape index (κ2) is 14.5. The minimum Gasteiger partial charge on any atom is -0.375 e. The van der Waals surface area contributed by atoms with Gasteiger partial charge in [0.05, 0.1) is 49.7 Å². The third-order valence-corrected chi connectivity index (χ3v) is 7.29. The molecule has 4 aromatic carbocycles. The first-order chi connectivity index (χ1) is 20.7. The summed E-state index contributed by atoms with van der Waals surface area (Å²) in [6.07, 6.45) is 1.01. The van der Waals surface area contributed by atoms with E-state index in [2.05, 4.69) is 6.58 Å². The molecule has 2 amide bonds. The highest BCUT2D eigenvalue weighted by Crippen LogP contribution is 2.30. The molecule has 214 valence electrons. The molecule has 1 heterocycles. The van der Waals surface area contributed by atoms with Gasteiger partial charge in [-0.15, -0.1) is 6.58 Å². The van der Waals surface area contributed by atoms with Crippen LogP contribution in [0.4, 0.5) is 0 Å². The minimum atomic E-state index is -0.759. The van der Waals surface area contributed by atoms with Crippen LogP contribution < -0.4 is 0 Å². The topological polar surface area (TPSA) is 65.1 Å². The second-order valence-electron chi connectivity index (χ2n) is 10.2. The summed E-state index contributed by atoms with van der Waals surface area (Å²) in [5.74, 6) is -0.727. The molecule has 0 bridgehead atoms. The van der Waals surface area contributed by atoms with E-state index in [1.54, 1.807) is 30.3 Å². The van der Waals surface area contributed by atoms with Crippen LogP contribution in [0.2, 0.25) is 0 Å². The van der Waals surface area contributed by atoms with E-state index in [4.69, 9.17) is 14.2 Å². The monoisotopic (exact) mass is 561 g/mol. The minimum absolute atomic E-state index is 0.0716. The van der Waals surface area contributed by atoms with Crippen LogP contribution in [0.5, 0.6) is 0 Å². The van der Waals surface area contributed by atoms with Crippen LogP contribution >= 0.6 is 0 Å². The first-order valence-electron chi connectivity index (χ1n) is 14.2. The molecule has 0 aliphatic carbocycles. The summed E-state index contributed by atoms with van der Waals surface area (Å²) in [5.41, 5.74) is 3.72. The third-order valence-electron chi connectivity index (χ3n) is 7.29. The maximum atomic E-state index is 13.8. The van der Waals surface area contributed by atoms with Crippen molar-refractivity contribution in [2.75, 3.05) is 6.61 Å². The summed E-state index contributed by atoms with van der Waals surface area (Å²) >= 11 is 0. The maximum absolute atomic E-state index is 13.8. The zero-order valence-corrected chi connectivity index (χ0v) is 23.5. The lowest BCUT2D eigenvalue weighted by Gasteiger charge is -2.37. The largest absolute Gasteiger partial charge is 0.375 e. The van der Waals surface area contributed by atoms with Crippen molar-refractivity contribution in [2.45, 2.75) is 44.5 Å². The summed E-state index contributed by atoms with van der Waals surface area (Å²) in [4.78, 5) is 28.8. The molecule has 0 fully saturated rings. The van der Waals surface area contributed by atoms with E-state index in [-0.39, 0.29) is 25.0 Å². The second-order valence-corrected chi connectivity index (χ2v) is 10.2. The number of nitrogens with zero attached hydrogens (tertiary/aromatic N) is 1. The fourth-order valence-electron chi connectivity index (χ4n) is 5.17. The van der Waals surface area contributed by atoms with E-state index in [9.17, 15) is 9.59 Å². The zero-order valence-electron chi connectivity index (χ0n) is 23.5. The Hall–Kier alpha value is -4.36. The first kappa shape index (κ1) is 29.1. The molecule has 3 atom stereocenters. The van der Waals surface area contributed by atoms with Gasteiger partial charge < -0.3 is 14.2 Å². The van der Waals surface area contributed by atoms with E-state index in [1.165, 1.54) is 4.90 Å². The standard InChI is InChI=1S/C36H35NO5/c1-2-14-33(41-24-28-17-8-4-9-18-28)34(42-25-29-19-10-5-11-20-29)32(26-40-23-27-15-6-3-7-16-27)37-35(38)30-21-12-13-22-31(30)36(37)39/h2-13,15-22,32-34H,1,14,23-26H2/t32-,33+,34-/m0/s1. The number of benzene rings is 4. The van der Waals surface area contributed by atoms with Gasteiger partial charge in [0.2, 0.25) is 0 Å². The van der Waals surface area contributed by atoms with Gasteiger partial charge in [-0.1, -0.05) is 109 Å². The Bertz CT molecular complexity index is 1420. The molecule has 1 aliphatic heterocycles. The Balaban J connectivity index is 1.48. The van der Waals surface area contributed by atoms with Crippen molar-refractivity contribution in [3.8, 4) is 0 Å². The Morgan fingerprint density at radius 2 is 1.07 bits per heavy atom. The van der Waals surface area contributed by atoms with Gasteiger partial charge in [0, 0.05) is 0 Å². The average molecular weight is 562 g/mol. The van der Waals surface area contributed by atoms with Crippen molar-refractivity contribution in [1.82, 2.24) is 4.90 Å². The molecule has 4 aromatic rings. The van der Waals surface area contributed by atoms with Crippen molar-refractivity contribution in [2.24, 2.45) is 0 Å². The Morgan fingerprint density at radius 1 is 0.619 bits per heavy atom. The summed E-state index contributed by atoms with van der Waals surface area (Å²) < 4.78 is 19.3. The Labute approximate surface area is 247 Å². The Morgan fingerprint density at radius 3 is 1.57 bits per heavy atom. The van der Waals surface area contributed by atoms with Gasteiger partial charge in [0.25, 0.3) is 11.8 Å². The molecule has 1 aliphatic rings. The van der Waals surface area contributed by atoms with Crippen molar-refractivity contribution in [3.63, 3.8) is 0 Å². The van der Waals surface area contributed by atoms with E-state index in [1.807, 2.05) is 91.0 Å². The molecule has 0 aromatic heterocycles. The van der Waals surface area contributed by atoms with Crippen LogP contribution in [0.3, 0.4) is 0 Å². The third kappa shape index (κ3) is 7.09. The summed E-state index contributed by atoms with van der Waals surface area (Å²) in [6, 6.07) is 35.6. The molecule has 0 spiro atoms. The SMILES string of the molecule is C=CC[C@@H](OCc1ccccc1)[C@@H](OCc1ccccc1)[C@H](COCc1ccccc1)N1C(=O)c2ccccc2C1=O. The summed E-state index contributed by atoms with van der Waals surface area (Å²) in [6.45, 7) is 4.96. The smallest absolute Gasteiger partial charge is 0.261 e. The quantitative estimate of drug-likeness (QED) is 0.121. The van der Waals surface area contributed by atoms with Crippen molar-refractivity contribution >= 4 is 11.8 Å². The highest BCUT2D eigenvalue weighted by Gasteiger charge is 2.45. The van der Waals surface area contributed by atoms with Gasteiger partial charge in [0.1, 0.15) is 6.10 Å². The number of rotatable bonds is 15. The number of amides is 2. The van der Waals surface area contributed by atoms with Crippen molar-refractivity contribution < 1.29 is 23.8 Å². The van der Waals surface area contributed by atoms with Crippen LogP contribution in [0.15, 0.2) is 128 Å². The van der Waals surface area contributed by atoms with Crippen LogP contribution in [0, 0.1) is 0 Å². The lowest BCUT2D eigenvalue weighted by molar-refractivity contribution is -0.120. The van der Waals surface area contributed by atoms with E-state index >= 15 is 0 Å². The molecule has 5 rings (SSSR count). The molecule has 0 saturated heterocycles. The predicted octanol–water partition coefficient (Wildman–Crippen LogP) is 6.61. The molecule has 6 nitrogen and oxygen atoms in total. The maximum Gasteiger partial charge on any atom is 0.261 e. The number of imide groups is 1. The molecule has 6 heteroatoms. The number of carbonyl (C=O) groups excluding carboxylic acids is 2. The van der Waals surface area contributed by atoms with Crippen LogP contribution in [0.1, 0.15) is 43.8 Å². The average Bonchev–Trinajstić information content (AvgIpc) is 3.29. The number of hydrogen-bond acceptors (Lipinski definition) is 5. The number of fused-ring (bicyclic) bond motifs is 1. The predicted molar refractivity (Wildman–Crippen MR) is 162 cm³/mol. The van der Waals surface area contributed by atoms with Gasteiger partial charge in [-0.3, -0.25) is 14.5 Å². The van der Waals surface area contributed by atoms with E-state index < -0.39 is 18.2 Å². The van der Waals surface area contributed by atoms with Gasteiger partial charge in [0.15, 0.2) is 0 Å². The number of ether oxygens (including phenoxy) is 3. The zero-order chi connectivity index (χ0) is 29.1. The molecule has 0 unspecified atom stereocenters. The van der Waals surface area contributed by atoms with E-state index in [0.717, 1.165) is 16.7 Å². The van der Waals surface area contributed by atoms with Crippen LogP contribution in [-0.4, -0.2) is 41.6 Å². The summed E-state index contributed by atoms with van der Waals surface area (Å²) in [7, 11) is 0. The van der Waals surface area contributed by atoms with E-state index in [0.29, 0.717) is 30.8 Å². The fraction of sp³-hybridized carbons (Fsp3) is 0.222. The first-order valence-corrected chi connectivity index (χ1v) is 14.2. The lowest BCUT2D eigenvalue weighted by atomic mass is 10.0. The molecular weight excluding hydrogens is 526 g/mol. The van der Waals surface area contributed by atoms with Crippen molar-refractivity contribution in [3.05, 3.63) is 156 Å². The number of hydrogen-bond donors (Lipinski definition) is 0. The summed E-state index contributed by atoms with van der Waals surface area (Å²) in [5, 5.41) is 0. The highest BCUT2D eigenvalue weighted by atomic mass is 16.5. The number of carbonyl (C=O) groups is 2. The molecule has 0 radical (unpaired) electrons. The molecular formula is C36H35NO5. The fourth-order valence-corrected chi connectivity index (χ4v) is 5.17. The Kier molecular flexibility index (Phi) is 10.1.